The fourth-order valence-electron chi connectivity index (χ4n) is 4.66. The average Bonchev–Trinajstić information content (AvgIpc) is 3.23. The minimum atomic E-state index is 0.0268. The fraction of sp³-hybridized carbons (Fsp3) is 0.267. The van der Waals surface area contributed by atoms with Crippen molar-refractivity contribution in [3.05, 3.63) is 84.4 Å². The van der Waals surface area contributed by atoms with Crippen LogP contribution >= 0.6 is 0 Å². The normalized spacial score (nSPS) is 12.2. The van der Waals surface area contributed by atoms with E-state index in [0.29, 0.717) is 5.92 Å². The van der Waals surface area contributed by atoms with Crippen molar-refractivity contribution in [2.75, 3.05) is 0 Å². The van der Waals surface area contributed by atoms with Crippen molar-refractivity contribution >= 4 is 21.7 Å². The number of para-hydroxylation sites is 1. The highest BCUT2D eigenvalue weighted by molar-refractivity contribution is 5.95. The third kappa shape index (κ3) is 4.04. The Morgan fingerprint density at radius 2 is 1.61 bits per heavy atom. The Hall–Kier alpha value is -3.46. The number of benzene rings is 3. The topological polar surface area (TPSA) is 38.9 Å². The lowest BCUT2D eigenvalue weighted by molar-refractivity contribution is 0.596. The van der Waals surface area contributed by atoms with Crippen LogP contribution in [0.2, 0.25) is 0 Å². The maximum Gasteiger partial charge on any atom is 0.137 e. The van der Waals surface area contributed by atoms with Crippen molar-refractivity contribution in [3.63, 3.8) is 0 Å². The summed E-state index contributed by atoms with van der Waals surface area (Å²) in [5, 5.41) is 3.63. The summed E-state index contributed by atoms with van der Waals surface area (Å²) in [6.45, 7) is 11.2. The van der Waals surface area contributed by atoms with Crippen molar-refractivity contribution in [2.45, 2.75) is 46.5 Å². The Kier molecular flexibility index (Phi) is 5.28. The van der Waals surface area contributed by atoms with Crippen LogP contribution in [0.1, 0.15) is 45.7 Å². The monoisotopic (exact) mass is 434 g/mol. The Morgan fingerprint density at radius 3 is 2.39 bits per heavy atom. The van der Waals surface area contributed by atoms with E-state index in [9.17, 15) is 0 Å². The van der Waals surface area contributed by atoms with Gasteiger partial charge in [-0.1, -0.05) is 77.1 Å². The number of aromatic nitrogens is 2. The maximum atomic E-state index is 6.04. The van der Waals surface area contributed by atoms with Crippen molar-refractivity contribution in [1.29, 1.82) is 0 Å². The zero-order valence-electron chi connectivity index (χ0n) is 20.0. The molecule has 5 aromatic rings. The van der Waals surface area contributed by atoms with Crippen molar-refractivity contribution in [2.24, 2.45) is 5.92 Å². The summed E-state index contributed by atoms with van der Waals surface area (Å²) in [6.07, 6.45) is 4.49. The van der Waals surface area contributed by atoms with Gasteiger partial charge < -0.3 is 4.42 Å². The molecule has 0 saturated carbocycles. The molecule has 0 bridgehead atoms. The third-order valence-corrected chi connectivity index (χ3v) is 6.22. The molecule has 0 aliphatic heterocycles. The van der Waals surface area contributed by atoms with Crippen LogP contribution in [0.25, 0.3) is 44.3 Å². The highest BCUT2D eigenvalue weighted by atomic mass is 16.3. The molecule has 0 unspecified atom stereocenters. The first kappa shape index (κ1) is 21.4. The number of hydrogen-bond acceptors (Lipinski definition) is 3. The standard InChI is InChI=1S/C30H30N2O/c1-19(2)13-21-10-8-12-24-25(17-33-29(21)24)28-16-27(31-18-32-28)22-14-20-9-6-7-11-23(20)26(15-22)30(3,4)5/h6-12,14-19H,13H2,1-5H3. The number of rotatable bonds is 4. The molecule has 0 spiro atoms. The molecule has 0 N–H and O–H groups in total. The van der Waals surface area contributed by atoms with E-state index >= 15 is 0 Å². The van der Waals surface area contributed by atoms with Crippen LogP contribution in [-0.2, 0) is 11.8 Å². The van der Waals surface area contributed by atoms with Crippen LogP contribution in [-0.4, -0.2) is 9.97 Å². The number of furan rings is 1. The minimum Gasteiger partial charge on any atom is -0.463 e. The van der Waals surface area contributed by atoms with Crippen molar-refractivity contribution in [3.8, 4) is 22.5 Å². The first-order chi connectivity index (χ1) is 15.8. The molecular weight excluding hydrogens is 404 g/mol. The largest absolute Gasteiger partial charge is 0.463 e. The smallest absolute Gasteiger partial charge is 0.137 e. The van der Waals surface area contributed by atoms with Crippen LogP contribution in [0.3, 0.4) is 0 Å². The minimum absolute atomic E-state index is 0.0268. The van der Waals surface area contributed by atoms with E-state index in [-0.39, 0.29) is 5.41 Å². The molecule has 0 radical (unpaired) electrons. The van der Waals surface area contributed by atoms with Gasteiger partial charge in [0, 0.05) is 16.5 Å². The van der Waals surface area contributed by atoms with Gasteiger partial charge in [-0.25, -0.2) is 9.97 Å². The van der Waals surface area contributed by atoms with Gasteiger partial charge >= 0.3 is 0 Å². The van der Waals surface area contributed by atoms with Crippen LogP contribution in [0.15, 0.2) is 77.7 Å². The fourth-order valence-corrected chi connectivity index (χ4v) is 4.66. The van der Waals surface area contributed by atoms with Gasteiger partial charge in [0.05, 0.1) is 11.4 Å². The molecule has 5 rings (SSSR count). The van der Waals surface area contributed by atoms with Gasteiger partial charge in [0.1, 0.15) is 18.2 Å². The van der Waals surface area contributed by atoms with Crippen molar-refractivity contribution < 1.29 is 4.42 Å². The number of nitrogens with zero attached hydrogens (tertiary/aromatic N) is 2. The highest BCUT2D eigenvalue weighted by Gasteiger charge is 2.19. The predicted molar refractivity (Wildman–Crippen MR) is 137 cm³/mol. The molecule has 0 amide bonds. The van der Waals surface area contributed by atoms with E-state index in [2.05, 4.69) is 105 Å². The summed E-state index contributed by atoms with van der Waals surface area (Å²) in [5.74, 6) is 0.569. The molecule has 0 atom stereocenters. The molecule has 3 heteroatoms. The second-order valence-corrected chi connectivity index (χ2v) is 10.3. The quantitative estimate of drug-likeness (QED) is 0.286. The summed E-state index contributed by atoms with van der Waals surface area (Å²) in [6, 6.07) is 21.6. The van der Waals surface area contributed by atoms with E-state index in [1.165, 1.54) is 21.9 Å². The van der Waals surface area contributed by atoms with Crippen molar-refractivity contribution in [1.82, 2.24) is 9.97 Å². The zero-order chi connectivity index (χ0) is 23.2. The van der Waals surface area contributed by atoms with E-state index in [0.717, 1.165) is 39.9 Å². The lowest BCUT2D eigenvalue weighted by Crippen LogP contribution is -2.12. The Morgan fingerprint density at radius 1 is 0.848 bits per heavy atom. The first-order valence-corrected chi connectivity index (χ1v) is 11.7. The summed E-state index contributed by atoms with van der Waals surface area (Å²) < 4.78 is 6.04. The molecule has 0 aliphatic rings. The number of fused-ring (bicyclic) bond motifs is 2. The third-order valence-electron chi connectivity index (χ3n) is 6.22. The number of hydrogen-bond donors (Lipinski definition) is 0. The molecule has 3 nitrogen and oxygen atoms in total. The molecule has 0 aliphatic carbocycles. The molecule has 3 aromatic carbocycles. The van der Waals surface area contributed by atoms with Gasteiger partial charge in [0.25, 0.3) is 0 Å². The predicted octanol–water partition coefficient (Wildman–Crippen LogP) is 8.21. The Labute approximate surface area is 195 Å². The summed E-state index contributed by atoms with van der Waals surface area (Å²) in [4.78, 5) is 9.26. The second-order valence-electron chi connectivity index (χ2n) is 10.3. The van der Waals surface area contributed by atoms with Crippen LogP contribution < -0.4 is 0 Å². The molecule has 2 heterocycles. The molecular formula is C30H30N2O. The van der Waals surface area contributed by atoms with Crippen LogP contribution in [0.4, 0.5) is 0 Å². The van der Waals surface area contributed by atoms with Gasteiger partial charge in [0.2, 0.25) is 0 Å². The summed E-state index contributed by atoms with van der Waals surface area (Å²) in [5.41, 5.74) is 7.47. The molecule has 33 heavy (non-hydrogen) atoms. The Bertz CT molecular complexity index is 1450. The van der Waals surface area contributed by atoms with Gasteiger partial charge in [-0.05, 0) is 57.9 Å². The van der Waals surface area contributed by atoms with E-state index in [1.807, 2.05) is 6.26 Å². The molecule has 2 aromatic heterocycles. The molecule has 0 saturated heterocycles. The van der Waals surface area contributed by atoms with E-state index in [1.54, 1.807) is 6.33 Å². The van der Waals surface area contributed by atoms with Crippen LogP contribution in [0, 0.1) is 5.92 Å². The molecule has 166 valence electrons. The highest BCUT2D eigenvalue weighted by Crippen LogP contribution is 2.36. The van der Waals surface area contributed by atoms with Gasteiger partial charge in [-0.3, -0.25) is 0 Å². The van der Waals surface area contributed by atoms with Gasteiger partial charge in [-0.15, -0.1) is 0 Å². The lowest BCUT2D eigenvalue weighted by Gasteiger charge is -2.22. The SMILES string of the molecule is CC(C)Cc1cccc2c(-c3cc(-c4cc(C(C)(C)C)c5ccccc5c4)ncn3)coc12. The second kappa shape index (κ2) is 8.15. The average molecular weight is 435 g/mol. The maximum absolute atomic E-state index is 6.04. The van der Waals surface area contributed by atoms with E-state index < -0.39 is 0 Å². The van der Waals surface area contributed by atoms with E-state index in [4.69, 9.17) is 4.42 Å². The van der Waals surface area contributed by atoms with Gasteiger partial charge in [-0.2, -0.15) is 0 Å². The molecule has 0 fully saturated rings. The zero-order valence-corrected chi connectivity index (χ0v) is 20.0. The lowest BCUT2D eigenvalue weighted by atomic mass is 9.82. The first-order valence-electron chi connectivity index (χ1n) is 11.7. The Balaban J connectivity index is 1.64. The van der Waals surface area contributed by atoms with Gasteiger partial charge in [0.15, 0.2) is 0 Å². The summed E-state index contributed by atoms with van der Waals surface area (Å²) >= 11 is 0. The van der Waals surface area contributed by atoms with Crippen LogP contribution in [0.5, 0.6) is 0 Å². The summed E-state index contributed by atoms with van der Waals surface area (Å²) in [7, 11) is 0.